The highest BCUT2D eigenvalue weighted by molar-refractivity contribution is 6.06. The SMILES string of the molecule is CN1C(=O)N(C)[C@@]2(C#N)C[C@@]2([N+](=O)[O-])C1=O. The molecule has 8 nitrogen and oxygen atoms in total. The van der Waals surface area contributed by atoms with E-state index in [2.05, 4.69) is 0 Å². The monoisotopic (exact) mass is 224 g/mol. The number of hydrogen-bond acceptors (Lipinski definition) is 5. The number of carbonyl (C=O) groups is 2. The van der Waals surface area contributed by atoms with Gasteiger partial charge in [-0.1, -0.05) is 0 Å². The van der Waals surface area contributed by atoms with E-state index in [1.165, 1.54) is 14.1 Å². The van der Waals surface area contributed by atoms with Crippen LogP contribution in [0.25, 0.3) is 0 Å². The summed E-state index contributed by atoms with van der Waals surface area (Å²) in [6.07, 6.45) is -0.241. The number of rotatable bonds is 1. The fourth-order valence-corrected chi connectivity index (χ4v) is 2.23. The zero-order chi connectivity index (χ0) is 12.3. The Balaban J connectivity index is 2.59. The van der Waals surface area contributed by atoms with Gasteiger partial charge >= 0.3 is 17.5 Å². The second-order valence-electron chi connectivity index (χ2n) is 3.97. The van der Waals surface area contributed by atoms with Gasteiger partial charge in [0.15, 0.2) is 0 Å². The Morgan fingerprint density at radius 2 is 2.06 bits per heavy atom. The first-order valence-electron chi connectivity index (χ1n) is 4.47. The number of hydrogen-bond donors (Lipinski definition) is 0. The highest BCUT2D eigenvalue weighted by Gasteiger charge is 2.90. The Morgan fingerprint density at radius 1 is 1.50 bits per heavy atom. The van der Waals surface area contributed by atoms with Crippen LogP contribution in [0.4, 0.5) is 4.79 Å². The lowest BCUT2D eigenvalue weighted by Crippen LogP contribution is -2.63. The first-order chi connectivity index (χ1) is 7.35. The molecule has 0 radical (unpaired) electrons. The molecule has 0 aromatic heterocycles. The fourth-order valence-electron chi connectivity index (χ4n) is 2.23. The molecule has 84 valence electrons. The highest BCUT2D eigenvalue weighted by Crippen LogP contribution is 2.57. The van der Waals surface area contributed by atoms with Crippen LogP contribution < -0.4 is 0 Å². The maximum Gasteiger partial charge on any atom is 0.339 e. The summed E-state index contributed by atoms with van der Waals surface area (Å²) in [7, 11) is 2.46. The molecule has 1 aliphatic heterocycles. The molecule has 1 saturated heterocycles. The number of nitrogens with zero attached hydrogens (tertiary/aromatic N) is 4. The summed E-state index contributed by atoms with van der Waals surface area (Å²) in [4.78, 5) is 35.1. The van der Waals surface area contributed by atoms with E-state index in [4.69, 9.17) is 5.26 Å². The quantitative estimate of drug-likeness (QED) is 0.427. The molecule has 1 saturated carbocycles. The van der Waals surface area contributed by atoms with E-state index in [1.807, 2.05) is 0 Å². The van der Waals surface area contributed by atoms with E-state index in [9.17, 15) is 19.7 Å². The molecule has 2 atom stereocenters. The van der Waals surface area contributed by atoms with Gasteiger partial charge in [0.05, 0.1) is 12.5 Å². The molecule has 2 fully saturated rings. The van der Waals surface area contributed by atoms with Crippen LogP contribution in [0.5, 0.6) is 0 Å². The molecule has 1 aliphatic carbocycles. The van der Waals surface area contributed by atoms with Crippen LogP contribution in [-0.2, 0) is 4.79 Å². The second kappa shape index (κ2) is 2.49. The second-order valence-corrected chi connectivity index (χ2v) is 3.97. The predicted molar refractivity (Wildman–Crippen MR) is 48.6 cm³/mol. The zero-order valence-corrected chi connectivity index (χ0v) is 8.63. The van der Waals surface area contributed by atoms with Crippen molar-refractivity contribution in [2.75, 3.05) is 14.1 Å². The molecule has 0 aromatic carbocycles. The van der Waals surface area contributed by atoms with Crippen LogP contribution in [0.3, 0.4) is 0 Å². The number of nitro groups is 1. The number of likely N-dealkylation sites (N-methyl/N-ethyl adjacent to an activating group) is 2. The average Bonchev–Trinajstić information content (AvgIpc) is 2.96. The Kier molecular flexibility index (Phi) is 1.61. The summed E-state index contributed by atoms with van der Waals surface area (Å²) < 4.78 is 0. The molecular formula is C8H8N4O4. The van der Waals surface area contributed by atoms with Crippen LogP contribution in [0.1, 0.15) is 6.42 Å². The topological polar surface area (TPSA) is 108 Å². The third kappa shape index (κ3) is 0.722. The van der Waals surface area contributed by atoms with E-state index >= 15 is 0 Å². The molecule has 0 spiro atoms. The summed E-state index contributed by atoms with van der Waals surface area (Å²) in [6, 6.07) is 1.03. The predicted octanol–water partition coefficient (Wildman–Crippen LogP) is -0.808. The van der Waals surface area contributed by atoms with Gasteiger partial charge in [-0.3, -0.25) is 19.8 Å². The first kappa shape index (κ1) is 10.4. The van der Waals surface area contributed by atoms with Gasteiger partial charge < -0.3 is 4.90 Å². The molecule has 2 rings (SSSR count). The summed E-state index contributed by atoms with van der Waals surface area (Å²) in [5, 5.41) is 19.9. The Labute approximate surface area is 90.2 Å². The van der Waals surface area contributed by atoms with Crippen molar-refractivity contribution in [3.05, 3.63) is 10.1 Å². The van der Waals surface area contributed by atoms with Gasteiger partial charge in [0, 0.05) is 19.0 Å². The molecule has 0 aromatic rings. The summed E-state index contributed by atoms with van der Waals surface area (Å²) in [5.41, 5.74) is -3.59. The van der Waals surface area contributed by atoms with E-state index in [-0.39, 0.29) is 6.42 Å². The summed E-state index contributed by atoms with van der Waals surface area (Å²) in [5.74, 6) is -0.915. The van der Waals surface area contributed by atoms with Crippen LogP contribution in [-0.4, -0.2) is 51.8 Å². The van der Waals surface area contributed by atoms with Crippen LogP contribution in [0.2, 0.25) is 0 Å². The third-order valence-corrected chi connectivity index (χ3v) is 3.37. The number of imide groups is 1. The normalized spacial score (nSPS) is 36.8. The van der Waals surface area contributed by atoms with Gasteiger partial charge in [-0.15, -0.1) is 0 Å². The van der Waals surface area contributed by atoms with E-state index in [0.717, 1.165) is 4.90 Å². The lowest BCUT2D eigenvalue weighted by molar-refractivity contribution is -0.529. The Hall–Kier alpha value is -2.17. The molecule has 16 heavy (non-hydrogen) atoms. The smallest absolute Gasteiger partial charge is 0.302 e. The number of carbonyl (C=O) groups excluding carboxylic acids is 2. The van der Waals surface area contributed by atoms with Gasteiger partial charge in [0.2, 0.25) is 5.54 Å². The van der Waals surface area contributed by atoms with Crippen molar-refractivity contribution in [3.8, 4) is 6.07 Å². The lowest BCUT2D eigenvalue weighted by Gasteiger charge is -2.33. The van der Waals surface area contributed by atoms with Crippen LogP contribution in [0, 0.1) is 21.4 Å². The minimum absolute atomic E-state index is 0.241. The molecule has 8 heteroatoms. The van der Waals surface area contributed by atoms with Crippen LogP contribution >= 0.6 is 0 Å². The van der Waals surface area contributed by atoms with Crippen molar-refractivity contribution in [1.82, 2.24) is 9.80 Å². The Bertz CT molecular complexity index is 469. The molecular weight excluding hydrogens is 216 g/mol. The third-order valence-electron chi connectivity index (χ3n) is 3.37. The minimum Gasteiger partial charge on any atom is -0.302 e. The molecule has 1 heterocycles. The Morgan fingerprint density at radius 3 is 2.50 bits per heavy atom. The van der Waals surface area contributed by atoms with Gasteiger partial charge in [-0.05, 0) is 0 Å². The van der Waals surface area contributed by atoms with Gasteiger partial charge in [0.1, 0.15) is 0 Å². The summed E-state index contributed by atoms with van der Waals surface area (Å²) in [6.45, 7) is 0. The van der Waals surface area contributed by atoms with Crippen molar-refractivity contribution in [3.63, 3.8) is 0 Å². The average molecular weight is 224 g/mol. The zero-order valence-electron chi connectivity index (χ0n) is 8.63. The molecule has 0 N–H and O–H groups in total. The van der Waals surface area contributed by atoms with E-state index in [0.29, 0.717) is 4.90 Å². The maximum atomic E-state index is 11.7. The molecule has 0 bridgehead atoms. The van der Waals surface area contributed by atoms with Crippen LogP contribution in [0.15, 0.2) is 0 Å². The number of fused-ring (bicyclic) bond motifs is 1. The molecule has 3 amide bonds. The van der Waals surface area contributed by atoms with Crippen molar-refractivity contribution < 1.29 is 14.5 Å². The van der Waals surface area contributed by atoms with E-state index < -0.39 is 27.9 Å². The van der Waals surface area contributed by atoms with Gasteiger partial charge in [-0.2, -0.15) is 5.26 Å². The standard InChI is InChI=1S/C8H8N4O4/c1-10-5(13)8(12(15)16)3-7(8,4-9)11(2)6(10)14/h3H2,1-2H3/t7-,8-/m1/s1. The summed E-state index contributed by atoms with van der Waals surface area (Å²) >= 11 is 0. The highest BCUT2D eigenvalue weighted by atomic mass is 16.6. The van der Waals surface area contributed by atoms with Gasteiger partial charge in [-0.25, -0.2) is 4.79 Å². The fraction of sp³-hybridized carbons (Fsp3) is 0.625. The van der Waals surface area contributed by atoms with E-state index in [1.54, 1.807) is 6.07 Å². The lowest BCUT2D eigenvalue weighted by atomic mass is 10.1. The maximum absolute atomic E-state index is 11.7. The van der Waals surface area contributed by atoms with Crippen molar-refractivity contribution in [2.24, 2.45) is 0 Å². The van der Waals surface area contributed by atoms with Crippen molar-refractivity contribution >= 4 is 11.9 Å². The number of amides is 3. The first-order valence-corrected chi connectivity index (χ1v) is 4.47. The van der Waals surface area contributed by atoms with Crippen molar-refractivity contribution in [2.45, 2.75) is 17.5 Å². The minimum atomic E-state index is -1.97. The van der Waals surface area contributed by atoms with Gasteiger partial charge in [0.25, 0.3) is 0 Å². The number of urea groups is 1. The molecule has 2 aliphatic rings. The van der Waals surface area contributed by atoms with Crippen molar-refractivity contribution in [1.29, 1.82) is 5.26 Å². The molecule has 0 unspecified atom stereocenters. The largest absolute Gasteiger partial charge is 0.339 e. The number of nitriles is 1.